The lowest BCUT2D eigenvalue weighted by molar-refractivity contribution is 0.261. The SMILES string of the molecule is CCCOc1ccccc1OCc1cccnc1C(=N)N. The van der Waals surface area contributed by atoms with Crippen LogP contribution in [0.1, 0.15) is 24.6 Å². The summed E-state index contributed by atoms with van der Waals surface area (Å²) >= 11 is 0. The first-order chi connectivity index (χ1) is 10.2. The monoisotopic (exact) mass is 285 g/mol. The Balaban J connectivity index is 2.12. The minimum absolute atomic E-state index is 0.0651. The lowest BCUT2D eigenvalue weighted by atomic mass is 10.2. The van der Waals surface area contributed by atoms with Gasteiger partial charge in [0, 0.05) is 11.8 Å². The van der Waals surface area contributed by atoms with E-state index in [-0.39, 0.29) is 12.4 Å². The molecule has 0 bridgehead atoms. The van der Waals surface area contributed by atoms with Crippen molar-refractivity contribution in [3.63, 3.8) is 0 Å². The predicted molar refractivity (Wildman–Crippen MR) is 81.8 cm³/mol. The first-order valence-electron chi connectivity index (χ1n) is 6.85. The number of benzene rings is 1. The van der Waals surface area contributed by atoms with Crippen molar-refractivity contribution in [2.45, 2.75) is 20.0 Å². The molecule has 0 saturated heterocycles. The van der Waals surface area contributed by atoms with Gasteiger partial charge in [0.05, 0.1) is 6.61 Å². The molecular weight excluding hydrogens is 266 g/mol. The van der Waals surface area contributed by atoms with E-state index in [1.807, 2.05) is 30.3 Å². The maximum absolute atomic E-state index is 7.53. The van der Waals surface area contributed by atoms with Gasteiger partial charge in [-0.3, -0.25) is 10.4 Å². The Labute approximate surface area is 124 Å². The zero-order valence-corrected chi connectivity index (χ0v) is 12.0. The molecule has 0 aliphatic carbocycles. The van der Waals surface area contributed by atoms with Gasteiger partial charge in [-0.1, -0.05) is 25.1 Å². The van der Waals surface area contributed by atoms with Crippen LogP contribution in [0.5, 0.6) is 11.5 Å². The minimum atomic E-state index is -0.0651. The fourth-order valence-corrected chi connectivity index (χ4v) is 1.85. The van der Waals surface area contributed by atoms with Crippen LogP contribution in [0.15, 0.2) is 42.6 Å². The highest BCUT2D eigenvalue weighted by molar-refractivity contribution is 5.94. The Morgan fingerprint density at radius 1 is 1.14 bits per heavy atom. The van der Waals surface area contributed by atoms with Gasteiger partial charge in [-0.2, -0.15) is 0 Å². The number of nitrogens with one attached hydrogen (secondary N) is 1. The Morgan fingerprint density at radius 3 is 2.52 bits per heavy atom. The van der Waals surface area contributed by atoms with E-state index < -0.39 is 0 Å². The van der Waals surface area contributed by atoms with Crippen LogP contribution in [0.3, 0.4) is 0 Å². The van der Waals surface area contributed by atoms with E-state index in [9.17, 15) is 0 Å². The third-order valence-electron chi connectivity index (χ3n) is 2.84. The first kappa shape index (κ1) is 14.8. The lowest BCUT2D eigenvalue weighted by Gasteiger charge is -2.13. The number of hydrogen-bond donors (Lipinski definition) is 2. The largest absolute Gasteiger partial charge is 0.490 e. The predicted octanol–water partition coefficient (Wildman–Crippen LogP) is 2.73. The molecule has 1 aromatic carbocycles. The van der Waals surface area contributed by atoms with Gasteiger partial charge in [-0.15, -0.1) is 0 Å². The van der Waals surface area contributed by atoms with E-state index in [1.54, 1.807) is 12.3 Å². The summed E-state index contributed by atoms with van der Waals surface area (Å²) in [6, 6.07) is 11.2. The van der Waals surface area contributed by atoms with Gasteiger partial charge < -0.3 is 15.2 Å². The molecule has 5 heteroatoms. The Morgan fingerprint density at radius 2 is 1.86 bits per heavy atom. The zero-order valence-electron chi connectivity index (χ0n) is 12.0. The number of pyridine rings is 1. The highest BCUT2D eigenvalue weighted by atomic mass is 16.5. The molecule has 0 amide bonds. The highest BCUT2D eigenvalue weighted by Crippen LogP contribution is 2.27. The second-order valence-electron chi connectivity index (χ2n) is 4.51. The number of rotatable bonds is 7. The van der Waals surface area contributed by atoms with Gasteiger partial charge in [-0.05, 0) is 24.6 Å². The molecule has 0 aliphatic rings. The van der Waals surface area contributed by atoms with Crippen molar-refractivity contribution in [3.8, 4) is 11.5 Å². The lowest BCUT2D eigenvalue weighted by Crippen LogP contribution is -2.16. The normalized spacial score (nSPS) is 10.1. The van der Waals surface area contributed by atoms with Crippen molar-refractivity contribution >= 4 is 5.84 Å². The van der Waals surface area contributed by atoms with Crippen LogP contribution in [-0.2, 0) is 6.61 Å². The fraction of sp³-hybridized carbons (Fsp3) is 0.250. The molecule has 1 aromatic heterocycles. The average Bonchev–Trinajstić information content (AvgIpc) is 2.52. The van der Waals surface area contributed by atoms with Crippen molar-refractivity contribution in [3.05, 3.63) is 53.9 Å². The molecule has 21 heavy (non-hydrogen) atoms. The minimum Gasteiger partial charge on any atom is -0.490 e. The molecule has 0 fully saturated rings. The summed E-state index contributed by atoms with van der Waals surface area (Å²) in [6.45, 7) is 2.99. The second kappa shape index (κ2) is 7.28. The van der Waals surface area contributed by atoms with Gasteiger partial charge in [0.15, 0.2) is 11.5 Å². The first-order valence-corrected chi connectivity index (χ1v) is 6.85. The third kappa shape index (κ3) is 3.95. The molecule has 0 atom stereocenters. The quantitative estimate of drug-likeness (QED) is 0.605. The van der Waals surface area contributed by atoms with Gasteiger partial charge >= 0.3 is 0 Å². The van der Waals surface area contributed by atoms with E-state index in [2.05, 4.69) is 11.9 Å². The molecule has 3 N–H and O–H groups in total. The summed E-state index contributed by atoms with van der Waals surface area (Å²) in [6.07, 6.45) is 2.55. The molecular formula is C16H19N3O2. The Kier molecular flexibility index (Phi) is 5.15. The van der Waals surface area contributed by atoms with E-state index in [4.69, 9.17) is 20.6 Å². The van der Waals surface area contributed by atoms with Crippen LogP contribution >= 0.6 is 0 Å². The van der Waals surface area contributed by atoms with Crippen LogP contribution in [0.2, 0.25) is 0 Å². The molecule has 0 spiro atoms. The van der Waals surface area contributed by atoms with E-state index >= 15 is 0 Å². The van der Waals surface area contributed by atoms with Crippen molar-refractivity contribution in [1.29, 1.82) is 5.41 Å². The smallest absolute Gasteiger partial charge is 0.161 e. The average molecular weight is 285 g/mol. The fourth-order valence-electron chi connectivity index (χ4n) is 1.85. The molecule has 0 unspecified atom stereocenters. The molecule has 0 aliphatic heterocycles. The van der Waals surface area contributed by atoms with Crippen LogP contribution in [-0.4, -0.2) is 17.4 Å². The number of hydrogen-bond acceptors (Lipinski definition) is 4. The van der Waals surface area contributed by atoms with Crippen molar-refractivity contribution < 1.29 is 9.47 Å². The number of nitrogens with two attached hydrogens (primary N) is 1. The number of nitrogens with zero attached hydrogens (tertiary/aromatic N) is 1. The second-order valence-corrected chi connectivity index (χ2v) is 4.51. The Hall–Kier alpha value is -2.56. The summed E-state index contributed by atoms with van der Waals surface area (Å²) in [5.41, 5.74) is 6.74. The number of amidine groups is 1. The standard InChI is InChI=1S/C16H19N3O2/c1-2-10-20-13-7-3-4-8-14(13)21-11-12-6-5-9-19-15(12)16(17)18/h3-9H,2,10-11H2,1H3,(H3,17,18). The number of aromatic nitrogens is 1. The van der Waals surface area contributed by atoms with Gasteiger partial charge in [-0.25, -0.2) is 0 Å². The molecule has 0 radical (unpaired) electrons. The molecule has 2 rings (SSSR count). The maximum Gasteiger partial charge on any atom is 0.161 e. The Bertz CT molecular complexity index is 614. The molecule has 5 nitrogen and oxygen atoms in total. The molecule has 0 saturated carbocycles. The summed E-state index contributed by atoms with van der Waals surface area (Å²) in [5.74, 6) is 1.32. The van der Waals surface area contributed by atoms with Crippen LogP contribution in [0.4, 0.5) is 0 Å². The molecule has 1 heterocycles. The van der Waals surface area contributed by atoms with Crippen molar-refractivity contribution in [1.82, 2.24) is 4.98 Å². The van der Waals surface area contributed by atoms with Gasteiger partial charge in [0.2, 0.25) is 0 Å². The van der Waals surface area contributed by atoms with Crippen molar-refractivity contribution in [2.75, 3.05) is 6.61 Å². The molecule has 2 aromatic rings. The number of ether oxygens (including phenoxy) is 2. The number of para-hydroxylation sites is 2. The van der Waals surface area contributed by atoms with Crippen LogP contribution in [0.25, 0.3) is 0 Å². The van der Waals surface area contributed by atoms with E-state index in [0.29, 0.717) is 23.8 Å². The summed E-state index contributed by atoms with van der Waals surface area (Å²) in [7, 11) is 0. The van der Waals surface area contributed by atoms with Gasteiger partial charge in [0.1, 0.15) is 18.1 Å². The highest BCUT2D eigenvalue weighted by Gasteiger charge is 2.09. The summed E-state index contributed by atoms with van der Waals surface area (Å²) in [5, 5.41) is 7.53. The zero-order chi connectivity index (χ0) is 15.1. The maximum atomic E-state index is 7.53. The number of nitrogen functional groups attached to an aromatic ring is 1. The topological polar surface area (TPSA) is 81.2 Å². The van der Waals surface area contributed by atoms with E-state index in [0.717, 1.165) is 12.0 Å². The van der Waals surface area contributed by atoms with E-state index in [1.165, 1.54) is 0 Å². The van der Waals surface area contributed by atoms with Gasteiger partial charge in [0.25, 0.3) is 0 Å². The summed E-state index contributed by atoms with van der Waals surface area (Å²) in [4.78, 5) is 4.10. The summed E-state index contributed by atoms with van der Waals surface area (Å²) < 4.78 is 11.4. The third-order valence-corrected chi connectivity index (χ3v) is 2.84. The van der Waals surface area contributed by atoms with Crippen molar-refractivity contribution in [2.24, 2.45) is 5.73 Å². The van der Waals surface area contributed by atoms with Crippen LogP contribution < -0.4 is 15.2 Å². The molecule has 110 valence electrons. The van der Waals surface area contributed by atoms with Crippen LogP contribution in [0, 0.1) is 5.41 Å².